The zero-order chi connectivity index (χ0) is 13.9. The van der Waals surface area contributed by atoms with Gasteiger partial charge in [0.05, 0.1) is 6.10 Å². The zero-order valence-electron chi connectivity index (χ0n) is 13.0. The van der Waals surface area contributed by atoms with Crippen molar-refractivity contribution in [1.29, 1.82) is 0 Å². The number of carbonyl (C=O) groups is 1. The molecule has 4 nitrogen and oxygen atoms in total. The molecule has 0 radical (unpaired) electrons. The number of carbonyl (C=O) groups excluding carboxylic acids is 1. The molecule has 1 saturated carbocycles. The highest BCUT2D eigenvalue weighted by Gasteiger charge is 2.35. The number of halogens is 1. The Kier molecular flexibility index (Phi) is 6.33. The average molecular weight is 317 g/mol. The minimum atomic E-state index is -0.245. The topological polar surface area (TPSA) is 50.4 Å². The fourth-order valence-corrected chi connectivity index (χ4v) is 4.07. The van der Waals surface area contributed by atoms with E-state index in [1.807, 2.05) is 6.92 Å². The van der Waals surface area contributed by atoms with E-state index in [0.29, 0.717) is 24.2 Å². The minimum absolute atomic E-state index is 0. The number of hydrogen-bond donors (Lipinski definition) is 2. The minimum Gasteiger partial charge on any atom is -0.365 e. The van der Waals surface area contributed by atoms with Crippen LogP contribution in [0.2, 0.25) is 0 Å². The smallest absolute Gasteiger partial charge is 0.249 e. The van der Waals surface area contributed by atoms with Crippen LogP contribution < -0.4 is 10.6 Å². The monoisotopic (exact) mass is 316 g/mol. The van der Waals surface area contributed by atoms with E-state index < -0.39 is 0 Å². The summed E-state index contributed by atoms with van der Waals surface area (Å²) in [5, 5.41) is 6.85. The SMILES string of the molecule is CCC(OC1CCCC1)C(=O)NC1CC2CCC(C1)N2.Cl. The van der Waals surface area contributed by atoms with Crippen molar-refractivity contribution in [2.45, 2.75) is 95.0 Å². The van der Waals surface area contributed by atoms with Crippen molar-refractivity contribution < 1.29 is 9.53 Å². The van der Waals surface area contributed by atoms with E-state index in [1.165, 1.54) is 25.7 Å². The Bertz CT molecular complexity index is 335. The number of hydrogen-bond acceptors (Lipinski definition) is 3. The molecule has 3 rings (SSSR count). The average Bonchev–Trinajstić information content (AvgIpc) is 3.06. The first kappa shape index (κ1) is 17.0. The summed E-state index contributed by atoms with van der Waals surface area (Å²) in [6, 6.07) is 1.59. The van der Waals surface area contributed by atoms with Crippen LogP contribution in [0.1, 0.15) is 64.7 Å². The van der Waals surface area contributed by atoms with Gasteiger partial charge in [0.25, 0.3) is 0 Å². The highest BCUT2D eigenvalue weighted by atomic mass is 35.5. The van der Waals surface area contributed by atoms with Gasteiger partial charge in [-0.25, -0.2) is 0 Å². The molecule has 2 aliphatic heterocycles. The maximum absolute atomic E-state index is 12.4. The maximum Gasteiger partial charge on any atom is 0.249 e. The van der Waals surface area contributed by atoms with Gasteiger partial charge in [0.2, 0.25) is 5.91 Å². The first-order valence-corrected chi connectivity index (χ1v) is 8.46. The molecule has 0 spiro atoms. The van der Waals surface area contributed by atoms with Crippen LogP contribution in [0.15, 0.2) is 0 Å². The summed E-state index contributed by atoms with van der Waals surface area (Å²) in [5.74, 6) is 0.116. The molecule has 1 aliphatic carbocycles. The van der Waals surface area contributed by atoms with Gasteiger partial charge < -0.3 is 15.4 Å². The van der Waals surface area contributed by atoms with Crippen LogP contribution in [0.5, 0.6) is 0 Å². The lowest BCUT2D eigenvalue weighted by molar-refractivity contribution is -0.137. The van der Waals surface area contributed by atoms with Gasteiger partial charge in [-0.3, -0.25) is 4.79 Å². The predicted molar refractivity (Wildman–Crippen MR) is 85.8 cm³/mol. The second-order valence-electron chi connectivity index (χ2n) is 6.75. The normalized spacial score (nSPS) is 33.5. The first-order chi connectivity index (χ1) is 9.74. The molecule has 3 atom stereocenters. The van der Waals surface area contributed by atoms with E-state index in [9.17, 15) is 4.79 Å². The van der Waals surface area contributed by atoms with E-state index in [2.05, 4.69) is 10.6 Å². The number of ether oxygens (including phenoxy) is 1. The van der Waals surface area contributed by atoms with Crippen LogP contribution in [0.4, 0.5) is 0 Å². The van der Waals surface area contributed by atoms with Crippen LogP contribution in [-0.4, -0.2) is 36.2 Å². The van der Waals surface area contributed by atoms with Crippen molar-refractivity contribution in [3.63, 3.8) is 0 Å². The van der Waals surface area contributed by atoms with Gasteiger partial charge in [-0.2, -0.15) is 0 Å². The Morgan fingerprint density at radius 1 is 1.19 bits per heavy atom. The highest BCUT2D eigenvalue weighted by molar-refractivity contribution is 5.85. The molecule has 5 heteroatoms. The summed E-state index contributed by atoms with van der Waals surface area (Å²) >= 11 is 0. The third-order valence-electron chi connectivity index (χ3n) is 5.14. The van der Waals surface area contributed by atoms with Gasteiger partial charge >= 0.3 is 0 Å². The van der Waals surface area contributed by atoms with E-state index >= 15 is 0 Å². The second kappa shape index (κ2) is 7.80. The lowest BCUT2D eigenvalue weighted by Gasteiger charge is -2.31. The van der Waals surface area contributed by atoms with Crippen LogP contribution in [0.3, 0.4) is 0 Å². The standard InChI is InChI=1S/C16H28N2O2.ClH/c1-2-15(20-14-5-3-4-6-14)16(19)18-13-9-11-7-8-12(10-13)17-11;/h11-15,17H,2-10H2,1H3,(H,18,19);1H. The maximum atomic E-state index is 12.4. The Labute approximate surface area is 134 Å². The van der Waals surface area contributed by atoms with Gasteiger partial charge in [0.15, 0.2) is 0 Å². The number of piperidine rings is 1. The fraction of sp³-hybridized carbons (Fsp3) is 0.938. The van der Waals surface area contributed by atoms with Gasteiger partial charge in [0, 0.05) is 18.1 Å². The molecular formula is C16H29ClN2O2. The van der Waals surface area contributed by atoms with Crippen molar-refractivity contribution in [1.82, 2.24) is 10.6 Å². The van der Waals surface area contributed by atoms with Crippen LogP contribution in [0, 0.1) is 0 Å². The molecule has 3 aliphatic rings. The van der Waals surface area contributed by atoms with E-state index in [4.69, 9.17) is 4.74 Å². The third kappa shape index (κ3) is 4.33. The molecule has 2 saturated heterocycles. The van der Waals surface area contributed by atoms with Crippen LogP contribution >= 0.6 is 12.4 Å². The van der Waals surface area contributed by atoms with E-state index in [1.54, 1.807) is 0 Å². The van der Waals surface area contributed by atoms with Crippen molar-refractivity contribution in [3.05, 3.63) is 0 Å². The molecule has 0 aromatic carbocycles. The van der Waals surface area contributed by atoms with Crippen LogP contribution in [-0.2, 0) is 9.53 Å². The summed E-state index contributed by atoms with van der Waals surface area (Å²) in [5.41, 5.74) is 0. The number of amides is 1. The summed E-state index contributed by atoms with van der Waals surface area (Å²) in [4.78, 5) is 12.4. The van der Waals surface area contributed by atoms with Crippen molar-refractivity contribution in [2.24, 2.45) is 0 Å². The molecule has 122 valence electrons. The molecule has 0 aromatic heterocycles. The highest BCUT2D eigenvalue weighted by Crippen LogP contribution is 2.27. The third-order valence-corrected chi connectivity index (χ3v) is 5.14. The van der Waals surface area contributed by atoms with E-state index in [0.717, 1.165) is 32.1 Å². The Morgan fingerprint density at radius 3 is 2.38 bits per heavy atom. The molecule has 0 aromatic rings. The Morgan fingerprint density at radius 2 is 1.81 bits per heavy atom. The summed E-state index contributed by atoms with van der Waals surface area (Å²) in [6.07, 6.45) is 10.3. The van der Waals surface area contributed by atoms with Crippen molar-refractivity contribution in [2.75, 3.05) is 0 Å². The van der Waals surface area contributed by atoms with E-state index in [-0.39, 0.29) is 24.4 Å². The van der Waals surface area contributed by atoms with Crippen LogP contribution in [0.25, 0.3) is 0 Å². The molecule has 1 amide bonds. The number of rotatable bonds is 5. The quantitative estimate of drug-likeness (QED) is 0.819. The molecule has 21 heavy (non-hydrogen) atoms. The fourth-order valence-electron chi connectivity index (χ4n) is 4.07. The molecular weight excluding hydrogens is 288 g/mol. The molecule has 2 heterocycles. The lowest BCUT2D eigenvalue weighted by Crippen LogP contribution is -2.50. The lowest BCUT2D eigenvalue weighted by atomic mass is 9.99. The first-order valence-electron chi connectivity index (χ1n) is 8.46. The Balaban J connectivity index is 0.00000161. The van der Waals surface area contributed by atoms with Crippen molar-refractivity contribution >= 4 is 18.3 Å². The van der Waals surface area contributed by atoms with Gasteiger partial charge in [0.1, 0.15) is 6.10 Å². The zero-order valence-corrected chi connectivity index (χ0v) is 13.8. The summed E-state index contributed by atoms with van der Waals surface area (Å²) in [7, 11) is 0. The second-order valence-corrected chi connectivity index (χ2v) is 6.75. The predicted octanol–water partition coefficient (Wildman–Crippen LogP) is 2.55. The summed E-state index contributed by atoms with van der Waals surface area (Å²) < 4.78 is 6.01. The molecule has 2 bridgehead atoms. The molecule has 3 unspecified atom stereocenters. The summed E-state index contributed by atoms with van der Waals surface area (Å²) in [6.45, 7) is 2.05. The van der Waals surface area contributed by atoms with Gasteiger partial charge in [-0.05, 0) is 44.9 Å². The number of nitrogens with one attached hydrogen (secondary N) is 2. The largest absolute Gasteiger partial charge is 0.365 e. The van der Waals surface area contributed by atoms with Crippen molar-refractivity contribution in [3.8, 4) is 0 Å². The number of fused-ring (bicyclic) bond motifs is 2. The molecule has 2 N–H and O–H groups in total. The Hall–Kier alpha value is -0.320. The molecule has 3 fully saturated rings. The van der Waals surface area contributed by atoms with Gasteiger partial charge in [-0.15, -0.1) is 12.4 Å². The van der Waals surface area contributed by atoms with Gasteiger partial charge in [-0.1, -0.05) is 19.8 Å².